The first kappa shape index (κ1) is 7.54. The number of rotatable bonds is 0. The minimum Gasteiger partial charge on any atom is -0.371 e. The monoisotopic (exact) mass is 175 g/mol. The van der Waals surface area contributed by atoms with Gasteiger partial charge in [-0.2, -0.15) is 0 Å². The van der Waals surface area contributed by atoms with Gasteiger partial charge in [0.25, 0.3) is 0 Å². The van der Waals surface area contributed by atoms with Crippen LogP contribution in [0.25, 0.3) is 0 Å². The second-order valence-corrected chi connectivity index (χ2v) is 4.00. The summed E-state index contributed by atoms with van der Waals surface area (Å²) in [4.78, 5) is 2.18. The van der Waals surface area contributed by atoms with Gasteiger partial charge in [0.15, 0.2) is 0 Å². The summed E-state index contributed by atoms with van der Waals surface area (Å²) < 4.78 is 0. The zero-order chi connectivity index (χ0) is 8.89. The van der Waals surface area contributed by atoms with Gasteiger partial charge in [0.2, 0.25) is 0 Å². The molecule has 2 heteroatoms. The summed E-state index contributed by atoms with van der Waals surface area (Å²) in [6.07, 6.45) is 2.01. The summed E-state index contributed by atoms with van der Waals surface area (Å²) in [5, 5.41) is 10.4. The van der Waals surface area contributed by atoms with Gasteiger partial charge < -0.3 is 5.11 Å². The van der Waals surface area contributed by atoms with Crippen LogP contribution < -0.4 is 0 Å². The van der Waals surface area contributed by atoms with Crippen molar-refractivity contribution < 1.29 is 5.11 Å². The fourth-order valence-corrected chi connectivity index (χ4v) is 2.63. The number of benzene rings is 1. The summed E-state index contributed by atoms with van der Waals surface area (Å²) in [7, 11) is 0. The third-order valence-electron chi connectivity index (χ3n) is 3.29. The van der Waals surface area contributed by atoms with Crippen LogP contribution in [0, 0.1) is 0 Å². The molecule has 0 radical (unpaired) electrons. The number of hydrogen-bond donors (Lipinski definition) is 1. The van der Waals surface area contributed by atoms with Crippen molar-refractivity contribution in [1.29, 1.82) is 0 Å². The van der Waals surface area contributed by atoms with Crippen molar-refractivity contribution in [2.24, 2.45) is 0 Å². The average molecular weight is 175 g/mol. The maximum absolute atomic E-state index is 10.4. The molecule has 0 aliphatic carbocycles. The van der Waals surface area contributed by atoms with Crippen molar-refractivity contribution in [1.82, 2.24) is 4.90 Å². The fourth-order valence-electron chi connectivity index (χ4n) is 2.63. The minimum absolute atomic E-state index is 0.628. The zero-order valence-corrected chi connectivity index (χ0v) is 7.53. The SMILES string of the molecule is O[C@]12CCCN1Cc1ccccc12. The Kier molecular flexibility index (Phi) is 1.35. The Morgan fingerprint density at radius 3 is 3.08 bits per heavy atom. The highest BCUT2D eigenvalue weighted by Crippen LogP contribution is 2.44. The van der Waals surface area contributed by atoms with Crippen LogP contribution in [0.4, 0.5) is 0 Å². The Morgan fingerprint density at radius 2 is 2.15 bits per heavy atom. The van der Waals surface area contributed by atoms with Gasteiger partial charge in [-0.25, -0.2) is 0 Å². The largest absolute Gasteiger partial charge is 0.371 e. The molecule has 1 aromatic rings. The number of nitrogens with zero attached hydrogens (tertiary/aromatic N) is 1. The van der Waals surface area contributed by atoms with Crippen LogP contribution in [0.3, 0.4) is 0 Å². The molecule has 0 spiro atoms. The van der Waals surface area contributed by atoms with Crippen LogP contribution in [-0.2, 0) is 12.3 Å². The highest BCUT2D eigenvalue weighted by molar-refractivity contribution is 5.36. The van der Waals surface area contributed by atoms with E-state index in [1.54, 1.807) is 0 Å². The Balaban J connectivity index is 2.17. The second kappa shape index (κ2) is 2.34. The first-order valence-corrected chi connectivity index (χ1v) is 4.86. The average Bonchev–Trinajstić information content (AvgIpc) is 2.60. The van der Waals surface area contributed by atoms with Crippen LogP contribution in [-0.4, -0.2) is 16.6 Å². The predicted octanol–water partition coefficient (Wildman–Crippen LogP) is 1.44. The number of fused-ring (bicyclic) bond motifs is 3. The standard InChI is InChI=1S/C11H13NO/c13-11-6-3-7-12(11)8-9-4-1-2-5-10(9)11/h1-2,4-5,13H,3,6-8H2/t11-/m0/s1. The van der Waals surface area contributed by atoms with Gasteiger partial charge in [0.05, 0.1) is 0 Å². The van der Waals surface area contributed by atoms with Gasteiger partial charge in [0, 0.05) is 18.7 Å². The maximum atomic E-state index is 10.4. The molecular formula is C11H13NO. The molecule has 2 aliphatic rings. The molecule has 1 fully saturated rings. The van der Waals surface area contributed by atoms with Gasteiger partial charge in [-0.3, -0.25) is 4.90 Å². The molecule has 68 valence electrons. The minimum atomic E-state index is -0.628. The van der Waals surface area contributed by atoms with Crippen molar-refractivity contribution in [2.45, 2.75) is 25.1 Å². The molecule has 2 heterocycles. The Labute approximate surface area is 77.8 Å². The Morgan fingerprint density at radius 1 is 1.31 bits per heavy atom. The normalized spacial score (nSPS) is 31.8. The molecular weight excluding hydrogens is 162 g/mol. The van der Waals surface area contributed by atoms with Gasteiger partial charge in [-0.15, -0.1) is 0 Å². The molecule has 0 amide bonds. The maximum Gasteiger partial charge on any atom is 0.145 e. The quantitative estimate of drug-likeness (QED) is 0.645. The lowest BCUT2D eigenvalue weighted by atomic mass is 9.99. The molecule has 0 unspecified atom stereocenters. The summed E-state index contributed by atoms with van der Waals surface area (Å²) in [6.45, 7) is 1.96. The van der Waals surface area contributed by atoms with E-state index in [1.165, 1.54) is 5.56 Å². The van der Waals surface area contributed by atoms with Crippen LogP contribution in [0.1, 0.15) is 24.0 Å². The van der Waals surface area contributed by atoms with E-state index >= 15 is 0 Å². The first-order chi connectivity index (χ1) is 6.31. The summed E-state index contributed by atoms with van der Waals surface area (Å²) in [5.74, 6) is 0. The van der Waals surface area contributed by atoms with Gasteiger partial charge in [-0.1, -0.05) is 24.3 Å². The van der Waals surface area contributed by atoms with Gasteiger partial charge in [-0.05, 0) is 18.4 Å². The number of aliphatic hydroxyl groups is 1. The molecule has 0 saturated carbocycles. The summed E-state index contributed by atoms with van der Waals surface area (Å²) in [6, 6.07) is 8.23. The molecule has 1 saturated heterocycles. The third-order valence-corrected chi connectivity index (χ3v) is 3.29. The van der Waals surface area contributed by atoms with Gasteiger partial charge in [0.1, 0.15) is 5.72 Å². The van der Waals surface area contributed by atoms with Crippen LogP contribution >= 0.6 is 0 Å². The van der Waals surface area contributed by atoms with Crippen molar-refractivity contribution in [3.05, 3.63) is 35.4 Å². The predicted molar refractivity (Wildman–Crippen MR) is 50.0 cm³/mol. The molecule has 1 N–H and O–H groups in total. The zero-order valence-electron chi connectivity index (χ0n) is 7.53. The topological polar surface area (TPSA) is 23.5 Å². The van der Waals surface area contributed by atoms with E-state index in [1.807, 2.05) is 12.1 Å². The molecule has 2 nitrogen and oxygen atoms in total. The highest BCUT2D eigenvalue weighted by atomic mass is 16.3. The summed E-state index contributed by atoms with van der Waals surface area (Å²) in [5.41, 5.74) is 1.80. The number of hydrogen-bond acceptors (Lipinski definition) is 2. The van der Waals surface area contributed by atoms with E-state index < -0.39 is 5.72 Å². The van der Waals surface area contributed by atoms with Crippen molar-refractivity contribution in [2.75, 3.05) is 6.54 Å². The molecule has 2 aliphatic heterocycles. The molecule has 1 aromatic carbocycles. The van der Waals surface area contributed by atoms with E-state index in [4.69, 9.17) is 0 Å². The van der Waals surface area contributed by atoms with Crippen molar-refractivity contribution >= 4 is 0 Å². The van der Waals surface area contributed by atoms with Crippen molar-refractivity contribution in [3.8, 4) is 0 Å². The molecule has 3 rings (SSSR count). The Bertz CT molecular complexity index is 350. The lowest BCUT2D eigenvalue weighted by Gasteiger charge is -2.26. The first-order valence-electron chi connectivity index (χ1n) is 4.86. The van der Waals surface area contributed by atoms with E-state index in [2.05, 4.69) is 17.0 Å². The van der Waals surface area contributed by atoms with Crippen LogP contribution in [0.5, 0.6) is 0 Å². The van der Waals surface area contributed by atoms with Crippen LogP contribution in [0.2, 0.25) is 0 Å². The molecule has 0 aromatic heterocycles. The smallest absolute Gasteiger partial charge is 0.145 e. The van der Waals surface area contributed by atoms with E-state index in [0.29, 0.717) is 0 Å². The van der Waals surface area contributed by atoms with Gasteiger partial charge >= 0.3 is 0 Å². The van der Waals surface area contributed by atoms with E-state index in [0.717, 1.165) is 31.5 Å². The molecule has 1 atom stereocenters. The van der Waals surface area contributed by atoms with E-state index in [-0.39, 0.29) is 0 Å². The summed E-state index contributed by atoms with van der Waals surface area (Å²) >= 11 is 0. The lowest BCUT2D eigenvalue weighted by molar-refractivity contribution is -0.0759. The van der Waals surface area contributed by atoms with E-state index in [9.17, 15) is 5.11 Å². The fraction of sp³-hybridized carbons (Fsp3) is 0.455. The van der Waals surface area contributed by atoms with Crippen LogP contribution in [0.15, 0.2) is 24.3 Å². The van der Waals surface area contributed by atoms with Crippen molar-refractivity contribution in [3.63, 3.8) is 0 Å². The Hall–Kier alpha value is -0.860. The molecule has 0 bridgehead atoms. The lowest BCUT2D eigenvalue weighted by Crippen LogP contribution is -2.34. The molecule has 13 heavy (non-hydrogen) atoms. The highest BCUT2D eigenvalue weighted by Gasteiger charge is 2.46. The third kappa shape index (κ3) is 0.847. The second-order valence-electron chi connectivity index (χ2n) is 4.00.